The number of pyridine rings is 1. The standard InChI is InChI=1S/C22H29BrN2O3SSi/c1-16-6-8-18(9-7-16)29(26,27)25-14-20(19-13-24-22(23)12-21(19)25)17(2)15-28-10-11-30(3,4)5/h6-9,12-14,17H,10-11,15H2,1-5H3. The van der Waals surface area contributed by atoms with Crippen LogP contribution in [-0.2, 0) is 14.8 Å². The van der Waals surface area contributed by atoms with E-state index >= 15 is 0 Å². The van der Waals surface area contributed by atoms with Crippen LogP contribution in [0.25, 0.3) is 10.9 Å². The number of ether oxygens (including phenoxy) is 1. The average molecular weight is 510 g/mol. The molecule has 0 bridgehead atoms. The summed E-state index contributed by atoms with van der Waals surface area (Å²) in [6.45, 7) is 12.3. The molecule has 3 aromatic rings. The highest BCUT2D eigenvalue weighted by Crippen LogP contribution is 2.32. The van der Waals surface area contributed by atoms with Crippen molar-refractivity contribution < 1.29 is 13.2 Å². The Morgan fingerprint density at radius 1 is 1.20 bits per heavy atom. The van der Waals surface area contributed by atoms with Crippen molar-refractivity contribution in [2.24, 2.45) is 0 Å². The lowest BCUT2D eigenvalue weighted by Gasteiger charge is -2.17. The van der Waals surface area contributed by atoms with E-state index in [1.54, 1.807) is 30.6 Å². The fourth-order valence-corrected chi connectivity index (χ4v) is 5.68. The van der Waals surface area contributed by atoms with Gasteiger partial charge in [0.2, 0.25) is 0 Å². The lowest BCUT2D eigenvalue weighted by molar-refractivity contribution is 0.135. The summed E-state index contributed by atoms with van der Waals surface area (Å²) in [7, 11) is -4.87. The number of aryl methyl sites for hydroxylation is 1. The van der Waals surface area contributed by atoms with E-state index in [1.165, 1.54) is 3.97 Å². The van der Waals surface area contributed by atoms with Crippen LogP contribution in [0.5, 0.6) is 0 Å². The number of hydrogen-bond acceptors (Lipinski definition) is 4. The second-order valence-electron chi connectivity index (χ2n) is 9.01. The fraction of sp³-hybridized carbons (Fsp3) is 0.409. The van der Waals surface area contributed by atoms with E-state index in [-0.39, 0.29) is 10.8 Å². The van der Waals surface area contributed by atoms with Crippen LogP contribution in [0.2, 0.25) is 25.7 Å². The van der Waals surface area contributed by atoms with Crippen molar-refractivity contribution in [2.75, 3.05) is 13.2 Å². The van der Waals surface area contributed by atoms with Gasteiger partial charge in [-0.15, -0.1) is 0 Å². The molecule has 162 valence electrons. The van der Waals surface area contributed by atoms with Crippen LogP contribution in [0.3, 0.4) is 0 Å². The first-order valence-electron chi connectivity index (χ1n) is 10.1. The second-order valence-corrected chi connectivity index (χ2v) is 17.3. The predicted octanol–water partition coefficient (Wildman–Crippen LogP) is 5.80. The first-order valence-corrected chi connectivity index (χ1v) is 16.0. The minimum absolute atomic E-state index is 0.0478. The Morgan fingerprint density at radius 2 is 1.87 bits per heavy atom. The van der Waals surface area contributed by atoms with Gasteiger partial charge in [0.1, 0.15) is 4.60 Å². The van der Waals surface area contributed by atoms with E-state index in [1.807, 2.05) is 19.1 Å². The lowest BCUT2D eigenvalue weighted by Crippen LogP contribution is -2.22. The summed E-state index contributed by atoms with van der Waals surface area (Å²) in [5.74, 6) is 0.0478. The smallest absolute Gasteiger partial charge is 0.268 e. The maximum atomic E-state index is 13.4. The molecule has 8 heteroatoms. The van der Waals surface area contributed by atoms with E-state index in [2.05, 4.69) is 47.5 Å². The van der Waals surface area contributed by atoms with Gasteiger partial charge in [-0.05, 0) is 52.7 Å². The molecule has 0 spiro atoms. The third-order valence-corrected chi connectivity index (χ3v) is 8.95. The van der Waals surface area contributed by atoms with Crippen LogP contribution in [0.15, 0.2) is 52.2 Å². The highest BCUT2D eigenvalue weighted by atomic mass is 79.9. The number of nitrogens with zero attached hydrogens (tertiary/aromatic N) is 2. The molecule has 3 rings (SSSR count). The summed E-state index contributed by atoms with van der Waals surface area (Å²) in [5, 5.41) is 0.829. The van der Waals surface area contributed by atoms with Crippen LogP contribution in [-0.4, -0.2) is 38.7 Å². The van der Waals surface area contributed by atoms with Crippen LogP contribution in [0.4, 0.5) is 0 Å². The fourth-order valence-electron chi connectivity index (χ4n) is 3.23. The van der Waals surface area contributed by atoms with E-state index < -0.39 is 18.1 Å². The Morgan fingerprint density at radius 3 is 2.50 bits per heavy atom. The molecule has 0 aliphatic heterocycles. The minimum Gasteiger partial charge on any atom is -0.381 e. The summed E-state index contributed by atoms with van der Waals surface area (Å²) >= 11 is 3.38. The molecule has 0 radical (unpaired) electrons. The first kappa shape index (κ1) is 23.2. The molecule has 0 amide bonds. The quantitative estimate of drug-likeness (QED) is 0.219. The summed E-state index contributed by atoms with van der Waals surface area (Å²) in [5.41, 5.74) is 2.55. The van der Waals surface area contributed by atoms with Gasteiger partial charge >= 0.3 is 0 Å². The van der Waals surface area contributed by atoms with E-state index in [9.17, 15) is 8.42 Å². The third-order valence-electron chi connectivity index (χ3n) is 5.13. The summed E-state index contributed by atoms with van der Waals surface area (Å²) < 4.78 is 34.7. The number of fused-ring (bicyclic) bond motifs is 1. The molecule has 0 aliphatic rings. The van der Waals surface area contributed by atoms with Gasteiger partial charge in [-0.25, -0.2) is 17.4 Å². The van der Waals surface area contributed by atoms with Crippen LogP contribution >= 0.6 is 15.9 Å². The van der Waals surface area contributed by atoms with Gasteiger partial charge < -0.3 is 4.74 Å². The molecule has 2 aromatic heterocycles. The molecule has 0 saturated heterocycles. The molecule has 0 N–H and O–H groups in total. The number of rotatable bonds is 8. The maximum absolute atomic E-state index is 13.4. The zero-order chi connectivity index (χ0) is 22.1. The molecule has 0 fully saturated rings. The number of hydrogen-bond donors (Lipinski definition) is 0. The minimum atomic E-state index is -3.72. The molecule has 1 atom stereocenters. The molecule has 1 aromatic carbocycles. The van der Waals surface area contributed by atoms with E-state index in [0.717, 1.165) is 29.2 Å². The molecular formula is C22H29BrN2O3SSi. The monoisotopic (exact) mass is 508 g/mol. The highest BCUT2D eigenvalue weighted by molar-refractivity contribution is 9.10. The molecule has 2 heterocycles. The van der Waals surface area contributed by atoms with Gasteiger partial charge in [-0.3, -0.25) is 0 Å². The maximum Gasteiger partial charge on any atom is 0.268 e. The van der Waals surface area contributed by atoms with Gasteiger partial charge in [0.15, 0.2) is 0 Å². The van der Waals surface area contributed by atoms with E-state index in [0.29, 0.717) is 16.7 Å². The van der Waals surface area contributed by atoms with Crippen molar-refractivity contribution in [3.63, 3.8) is 0 Å². The normalized spacial score (nSPS) is 13.7. The van der Waals surface area contributed by atoms with Gasteiger partial charge in [-0.2, -0.15) is 0 Å². The Bertz CT molecular complexity index is 1140. The first-order chi connectivity index (χ1) is 14.0. The zero-order valence-electron chi connectivity index (χ0n) is 18.1. The Labute approximate surface area is 188 Å². The molecule has 5 nitrogen and oxygen atoms in total. The molecule has 30 heavy (non-hydrogen) atoms. The lowest BCUT2D eigenvalue weighted by atomic mass is 10.0. The molecule has 0 aliphatic carbocycles. The van der Waals surface area contributed by atoms with Crippen LogP contribution in [0, 0.1) is 6.92 Å². The molecular weight excluding hydrogens is 480 g/mol. The van der Waals surface area contributed by atoms with E-state index in [4.69, 9.17) is 4.74 Å². The number of benzene rings is 1. The molecule has 1 unspecified atom stereocenters. The summed E-state index contributed by atoms with van der Waals surface area (Å²) in [6, 6.07) is 9.78. The van der Waals surface area contributed by atoms with Gasteiger partial charge in [0, 0.05) is 38.4 Å². The van der Waals surface area contributed by atoms with Crippen molar-refractivity contribution >= 4 is 44.9 Å². The number of aromatic nitrogens is 2. The van der Waals surface area contributed by atoms with Crippen molar-refractivity contribution in [3.05, 3.63) is 58.5 Å². The van der Waals surface area contributed by atoms with Crippen molar-refractivity contribution in [1.82, 2.24) is 8.96 Å². The zero-order valence-corrected chi connectivity index (χ0v) is 21.5. The van der Waals surface area contributed by atoms with Crippen LogP contribution in [0.1, 0.15) is 24.0 Å². The summed E-state index contributed by atoms with van der Waals surface area (Å²) in [4.78, 5) is 4.60. The topological polar surface area (TPSA) is 61.2 Å². The van der Waals surface area contributed by atoms with Crippen LogP contribution < -0.4 is 0 Å². The Hall–Kier alpha value is -1.48. The average Bonchev–Trinajstić information content (AvgIpc) is 3.04. The Kier molecular flexibility index (Phi) is 6.91. The molecule has 0 saturated carbocycles. The SMILES string of the molecule is Cc1ccc(S(=O)(=O)n2cc(C(C)COCC[Si](C)(C)C)c3cnc(Br)cc32)cc1. The van der Waals surface area contributed by atoms with Crippen molar-refractivity contribution in [3.8, 4) is 0 Å². The van der Waals surface area contributed by atoms with Gasteiger partial charge in [-0.1, -0.05) is 44.3 Å². The van der Waals surface area contributed by atoms with Crippen molar-refractivity contribution in [1.29, 1.82) is 0 Å². The second kappa shape index (κ2) is 8.94. The van der Waals surface area contributed by atoms with Gasteiger partial charge in [0.25, 0.3) is 10.0 Å². The largest absolute Gasteiger partial charge is 0.381 e. The highest BCUT2D eigenvalue weighted by Gasteiger charge is 2.24. The van der Waals surface area contributed by atoms with Crippen molar-refractivity contribution in [2.45, 2.75) is 50.3 Å². The van der Waals surface area contributed by atoms with Gasteiger partial charge in [0.05, 0.1) is 17.0 Å². The summed E-state index contributed by atoms with van der Waals surface area (Å²) in [6.07, 6.45) is 3.45. The predicted molar refractivity (Wildman–Crippen MR) is 129 cm³/mol. The third kappa shape index (κ3) is 5.22. The Balaban J connectivity index is 1.97. The number of halogens is 1.